The molecule has 0 aromatic rings. The number of nitrogens with one attached hydrogen (secondary N) is 1. The Morgan fingerprint density at radius 3 is 3.25 bits per heavy atom. The summed E-state index contributed by atoms with van der Waals surface area (Å²) in [7, 11) is 1.81. The van der Waals surface area contributed by atoms with E-state index in [-0.39, 0.29) is 11.6 Å². The van der Waals surface area contributed by atoms with Crippen LogP contribution in [-0.2, 0) is 4.74 Å². The van der Waals surface area contributed by atoms with Gasteiger partial charge in [0.25, 0.3) is 0 Å². The highest BCUT2D eigenvalue weighted by Gasteiger charge is 2.48. The first-order chi connectivity index (χ1) is 5.64. The molecule has 0 bridgehead atoms. The highest BCUT2D eigenvalue weighted by Crippen LogP contribution is 2.31. The van der Waals surface area contributed by atoms with Crippen LogP contribution in [0.15, 0.2) is 0 Å². The van der Waals surface area contributed by atoms with Gasteiger partial charge in [0.1, 0.15) is 0 Å². The van der Waals surface area contributed by atoms with Gasteiger partial charge in [-0.15, -0.1) is 0 Å². The maximum Gasteiger partial charge on any atom is 0.410 e. The second kappa shape index (κ2) is 2.36. The van der Waals surface area contributed by atoms with E-state index in [0.29, 0.717) is 12.5 Å². The fourth-order valence-corrected chi connectivity index (χ4v) is 1.97. The quantitative estimate of drug-likeness (QED) is 0.558. The third kappa shape index (κ3) is 0.843. The van der Waals surface area contributed by atoms with Gasteiger partial charge in [0.2, 0.25) is 0 Å². The van der Waals surface area contributed by atoms with Crippen LogP contribution in [-0.4, -0.2) is 43.3 Å². The Morgan fingerprint density at radius 1 is 1.75 bits per heavy atom. The van der Waals surface area contributed by atoms with Crippen molar-refractivity contribution in [3.8, 4) is 0 Å². The molecule has 2 aliphatic heterocycles. The molecule has 2 saturated heterocycles. The van der Waals surface area contributed by atoms with Crippen LogP contribution in [0.25, 0.3) is 0 Å². The van der Waals surface area contributed by atoms with Crippen LogP contribution in [0, 0.1) is 5.92 Å². The Morgan fingerprint density at radius 2 is 2.50 bits per heavy atom. The van der Waals surface area contributed by atoms with Gasteiger partial charge in [0.05, 0.1) is 12.1 Å². The number of hydrogen-bond acceptors (Lipinski definition) is 3. The minimum atomic E-state index is -0.197. The molecule has 1 amide bonds. The molecule has 2 aliphatic rings. The Kier molecular flexibility index (Phi) is 1.54. The molecule has 2 heterocycles. The first-order valence-electron chi connectivity index (χ1n) is 4.26. The summed E-state index contributed by atoms with van der Waals surface area (Å²) in [6.07, 6.45) is -0.197. The molecule has 0 saturated carbocycles. The first kappa shape index (κ1) is 7.86. The topological polar surface area (TPSA) is 41.6 Å². The Labute approximate surface area is 71.9 Å². The van der Waals surface area contributed by atoms with Crippen molar-refractivity contribution in [3.63, 3.8) is 0 Å². The summed E-state index contributed by atoms with van der Waals surface area (Å²) in [5, 5.41) is 3.28. The van der Waals surface area contributed by atoms with Crippen molar-refractivity contribution in [3.05, 3.63) is 0 Å². The predicted octanol–water partition coefficient (Wildman–Crippen LogP) is 0.0465. The molecular formula is C8H14N2O2. The summed E-state index contributed by atoms with van der Waals surface area (Å²) in [5.41, 5.74) is -0.0324. The highest BCUT2D eigenvalue weighted by molar-refractivity contribution is 5.69. The molecule has 0 radical (unpaired) electrons. The van der Waals surface area contributed by atoms with E-state index in [9.17, 15) is 4.79 Å². The van der Waals surface area contributed by atoms with Crippen molar-refractivity contribution >= 4 is 6.09 Å². The number of nitrogens with zero attached hydrogens (tertiary/aromatic N) is 1. The van der Waals surface area contributed by atoms with E-state index in [1.165, 1.54) is 0 Å². The van der Waals surface area contributed by atoms with Crippen molar-refractivity contribution in [2.24, 2.45) is 5.92 Å². The molecule has 68 valence electrons. The maximum absolute atomic E-state index is 11.2. The van der Waals surface area contributed by atoms with Gasteiger partial charge in [-0.2, -0.15) is 0 Å². The zero-order valence-electron chi connectivity index (χ0n) is 7.46. The molecule has 12 heavy (non-hydrogen) atoms. The second-order valence-electron chi connectivity index (χ2n) is 3.82. The van der Waals surface area contributed by atoms with Gasteiger partial charge in [-0.3, -0.25) is 0 Å². The van der Waals surface area contributed by atoms with E-state index in [2.05, 4.69) is 12.2 Å². The molecule has 2 atom stereocenters. The van der Waals surface area contributed by atoms with Crippen LogP contribution in [0.3, 0.4) is 0 Å². The first-order valence-corrected chi connectivity index (χ1v) is 4.26. The van der Waals surface area contributed by atoms with Crippen LogP contribution >= 0.6 is 0 Å². The average molecular weight is 170 g/mol. The monoisotopic (exact) mass is 170 g/mol. The Balaban J connectivity index is 2.25. The van der Waals surface area contributed by atoms with Gasteiger partial charge >= 0.3 is 6.09 Å². The molecule has 4 heteroatoms. The van der Waals surface area contributed by atoms with Crippen molar-refractivity contribution in [2.75, 3.05) is 26.7 Å². The molecule has 0 aliphatic carbocycles. The van der Waals surface area contributed by atoms with Crippen LogP contribution in [0.1, 0.15) is 6.92 Å². The van der Waals surface area contributed by atoms with E-state index in [1.54, 1.807) is 4.90 Å². The molecule has 0 unspecified atom stereocenters. The molecule has 0 aromatic heterocycles. The number of rotatable bonds is 0. The summed E-state index contributed by atoms with van der Waals surface area (Å²) >= 11 is 0. The minimum Gasteiger partial charge on any atom is -0.449 e. The minimum absolute atomic E-state index is 0.0324. The summed E-state index contributed by atoms with van der Waals surface area (Å²) in [4.78, 5) is 12.9. The summed E-state index contributed by atoms with van der Waals surface area (Å²) < 4.78 is 5.02. The van der Waals surface area contributed by atoms with Crippen LogP contribution in [0.4, 0.5) is 4.79 Å². The SMILES string of the molecule is CN1C(=O)OC[C@@H]2CNC[C@]21C. The third-order valence-corrected chi connectivity index (χ3v) is 3.20. The Hall–Kier alpha value is -0.770. The molecule has 4 nitrogen and oxygen atoms in total. The van der Waals surface area contributed by atoms with Crippen LogP contribution < -0.4 is 5.32 Å². The standard InChI is InChI=1S/C8H14N2O2/c1-8-5-9-3-6(8)4-12-7(11)10(8)2/h6,9H,3-5H2,1-2H3/t6-,8+/m0/s1. The maximum atomic E-state index is 11.2. The number of likely N-dealkylation sites (N-methyl/N-ethyl adjacent to an activating group) is 1. The van der Waals surface area contributed by atoms with Gasteiger partial charge in [0.15, 0.2) is 0 Å². The van der Waals surface area contributed by atoms with Gasteiger partial charge < -0.3 is 15.0 Å². The summed E-state index contributed by atoms with van der Waals surface area (Å²) in [6, 6.07) is 0. The van der Waals surface area contributed by atoms with Crippen molar-refractivity contribution < 1.29 is 9.53 Å². The number of ether oxygens (including phenoxy) is 1. The zero-order chi connectivity index (χ0) is 8.77. The molecule has 1 N–H and O–H groups in total. The number of carbonyl (C=O) groups is 1. The van der Waals surface area contributed by atoms with Gasteiger partial charge in [-0.1, -0.05) is 0 Å². The van der Waals surface area contributed by atoms with E-state index < -0.39 is 0 Å². The number of carbonyl (C=O) groups excluding carboxylic acids is 1. The van der Waals surface area contributed by atoms with Crippen molar-refractivity contribution in [1.82, 2.24) is 10.2 Å². The average Bonchev–Trinajstić information content (AvgIpc) is 2.42. The normalized spacial score (nSPS) is 41.0. The smallest absolute Gasteiger partial charge is 0.410 e. The van der Waals surface area contributed by atoms with Gasteiger partial charge in [-0.25, -0.2) is 4.79 Å². The number of cyclic esters (lactones) is 1. The lowest BCUT2D eigenvalue weighted by atomic mass is 9.87. The summed E-state index contributed by atoms with van der Waals surface area (Å²) in [5.74, 6) is 0.445. The molecule has 2 rings (SSSR count). The number of fused-ring (bicyclic) bond motifs is 1. The van der Waals surface area contributed by atoms with Gasteiger partial charge in [-0.05, 0) is 6.92 Å². The van der Waals surface area contributed by atoms with E-state index in [0.717, 1.165) is 13.1 Å². The Bertz CT molecular complexity index is 219. The summed E-state index contributed by atoms with van der Waals surface area (Å²) in [6.45, 7) is 4.50. The number of hydrogen-bond donors (Lipinski definition) is 1. The molecule has 2 fully saturated rings. The largest absolute Gasteiger partial charge is 0.449 e. The van der Waals surface area contributed by atoms with E-state index in [4.69, 9.17) is 4.74 Å². The van der Waals surface area contributed by atoms with Crippen LogP contribution in [0.2, 0.25) is 0 Å². The third-order valence-electron chi connectivity index (χ3n) is 3.20. The lowest BCUT2D eigenvalue weighted by molar-refractivity contribution is -0.00459. The highest BCUT2D eigenvalue weighted by atomic mass is 16.6. The fourth-order valence-electron chi connectivity index (χ4n) is 1.97. The molecule has 0 spiro atoms. The van der Waals surface area contributed by atoms with Crippen molar-refractivity contribution in [2.45, 2.75) is 12.5 Å². The lowest BCUT2D eigenvalue weighted by Crippen LogP contribution is -2.57. The van der Waals surface area contributed by atoms with Crippen LogP contribution in [0.5, 0.6) is 0 Å². The lowest BCUT2D eigenvalue weighted by Gasteiger charge is -2.42. The van der Waals surface area contributed by atoms with Crippen molar-refractivity contribution in [1.29, 1.82) is 0 Å². The molecule has 0 aromatic carbocycles. The van der Waals surface area contributed by atoms with E-state index >= 15 is 0 Å². The predicted molar refractivity (Wildman–Crippen MR) is 43.9 cm³/mol. The zero-order valence-corrected chi connectivity index (χ0v) is 7.46. The fraction of sp³-hybridized carbons (Fsp3) is 0.875. The second-order valence-corrected chi connectivity index (χ2v) is 3.82. The van der Waals surface area contributed by atoms with Gasteiger partial charge in [0, 0.05) is 26.1 Å². The molecular weight excluding hydrogens is 156 g/mol. The number of amides is 1. The van der Waals surface area contributed by atoms with E-state index in [1.807, 2.05) is 7.05 Å².